The number of Topliss-reactive ketones (excluding diaryl/α,β-unsaturated/α-hetero) is 1. The van der Waals surface area contributed by atoms with Crippen molar-refractivity contribution < 1.29 is 24.3 Å². The van der Waals surface area contributed by atoms with Crippen molar-refractivity contribution in [2.75, 3.05) is 12.8 Å². The van der Waals surface area contributed by atoms with E-state index in [4.69, 9.17) is 15.7 Å². The molecule has 0 saturated carbocycles. The number of oxime groups is 1. The number of carbonyl (C=O) groups excluding carboxylic acids is 2. The van der Waals surface area contributed by atoms with E-state index in [0.717, 1.165) is 11.3 Å². The van der Waals surface area contributed by atoms with Crippen molar-refractivity contribution in [1.29, 1.82) is 0 Å². The van der Waals surface area contributed by atoms with E-state index in [-0.39, 0.29) is 29.2 Å². The van der Waals surface area contributed by atoms with Gasteiger partial charge in [-0.3, -0.25) is 9.59 Å². The van der Waals surface area contributed by atoms with Crippen LogP contribution >= 0.6 is 11.3 Å². The monoisotopic (exact) mass is 368 g/mol. The summed E-state index contributed by atoms with van der Waals surface area (Å²) in [5.41, 5.74) is 3.90. The highest BCUT2D eigenvalue weighted by Crippen LogP contribution is 2.29. The van der Waals surface area contributed by atoms with E-state index >= 15 is 0 Å². The van der Waals surface area contributed by atoms with Gasteiger partial charge in [-0.05, 0) is 20.8 Å². The standard InChI is InChI=1S/C15H20N4O5S/c1-7-8(12(21)19(7)4)5-9(20)11(10-6-17-14(16)25-10)18-24-15(2,3)13(22)23/h6-8H,5H2,1-4H3,(H2,16,17)(H,22,23)/b18-11+/t7-,8-/m0/s1. The fourth-order valence-electron chi connectivity index (χ4n) is 2.24. The van der Waals surface area contributed by atoms with Crippen molar-refractivity contribution in [2.24, 2.45) is 11.1 Å². The van der Waals surface area contributed by atoms with Crippen LogP contribution in [0.2, 0.25) is 0 Å². The topological polar surface area (TPSA) is 135 Å². The summed E-state index contributed by atoms with van der Waals surface area (Å²) in [4.78, 5) is 46.5. The first-order valence-corrected chi connectivity index (χ1v) is 8.37. The molecule has 1 aromatic rings. The highest BCUT2D eigenvalue weighted by atomic mass is 32.1. The fraction of sp³-hybridized carbons (Fsp3) is 0.533. The third-order valence-electron chi connectivity index (χ3n) is 4.16. The number of carbonyl (C=O) groups is 3. The number of carboxylic acids is 1. The molecule has 0 radical (unpaired) electrons. The number of rotatable bonds is 7. The molecule has 1 amide bonds. The molecule has 10 heteroatoms. The van der Waals surface area contributed by atoms with E-state index in [0.29, 0.717) is 4.88 Å². The highest BCUT2D eigenvalue weighted by Gasteiger charge is 2.43. The molecule has 25 heavy (non-hydrogen) atoms. The van der Waals surface area contributed by atoms with Gasteiger partial charge in [0.05, 0.1) is 10.8 Å². The molecular formula is C15H20N4O5S. The lowest BCUT2D eigenvalue weighted by Gasteiger charge is -2.42. The third-order valence-corrected chi connectivity index (χ3v) is 5.00. The zero-order chi connectivity index (χ0) is 18.9. The van der Waals surface area contributed by atoms with Gasteiger partial charge in [-0.2, -0.15) is 0 Å². The number of nitrogens with two attached hydrogens (primary N) is 1. The average Bonchev–Trinajstić information content (AvgIpc) is 2.97. The first kappa shape index (κ1) is 18.8. The number of carboxylic acid groups (broad SMARTS) is 1. The number of nitrogen functional groups attached to an aromatic ring is 1. The minimum Gasteiger partial charge on any atom is -0.478 e. The number of aromatic nitrogens is 1. The van der Waals surface area contributed by atoms with E-state index in [2.05, 4.69) is 10.1 Å². The lowest BCUT2D eigenvalue weighted by atomic mass is 9.84. The van der Waals surface area contributed by atoms with Crippen LogP contribution in [0.5, 0.6) is 0 Å². The molecule has 1 aliphatic heterocycles. The van der Waals surface area contributed by atoms with Gasteiger partial charge in [-0.1, -0.05) is 16.5 Å². The number of β-lactam (4-membered cyclic amide) rings is 1. The predicted octanol–water partition coefficient (Wildman–Crippen LogP) is 0.745. The van der Waals surface area contributed by atoms with Gasteiger partial charge in [-0.25, -0.2) is 9.78 Å². The molecule has 2 atom stereocenters. The van der Waals surface area contributed by atoms with Crippen LogP contribution in [0.3, 0.4) is 0 Å². The second kappa shape index (κ2) is 6.79. The summed E-state index contributed by atoms with van der Waals surface area (Å²) in [6.45, 7) is 4.48. The molecule has 3 N–H and O–H groups in total. The number of hydrogen-bond acceptors (Lipinski definition) is 8. The Balaban J connectivity index is 2.24. The van der Waals surface area contributed by atoms with E-state index in [1.165, 1.54) is 20.0 Å². The first-order valence-electron chi connectivity index (χ1n) is 7.55. The number of amides is 1. The number of anilines is 1. The lowest BCUT2D eigenvalue weighted by molar-refractivity contribution is -0.161. The van der Waals surface area contributed by atoms with Gasteiger partial charge in [0, 0.05) is 25.7 Å². The van der Waals surface area contributed by atoms with E-state index in [9.17, 15) is 14.4 Å². The Hall–Kier alpha value is -2.49. The van der Waals surface area contributed by atoms with Crippen LogP contribution in [0.1, 0.15) is 32.1 Å². The average molecular weight is 368 g/mol. The Morgan fingerprint density at radius 1 is 1.52 bits per heavy atom. The SMILES string of the molecule is C[C@H]1[C@H](CC(=O)/C(=N\OC(C)(C)C(=O)O)c2cnc(N)s2)C(=O)N1C. The van der Waals surface area contributed by atoms with Crippen molar-refractivity contribution in [3.63, 3.8) is 0 Å². The smallest absolute Gasteiger partial charge is 0.350 e. The fourth-order valence-corrected chi connectivity index (χ4v) is 2.92. The molecule has 136 valence electrons. The number of thiazole rings is 1. The van der Waals surface area contributed by atoms with Crippen molar-refractivity contribution in [1.82, 2.24) is 9.88 Å². The van der Waals surface area contributed by atoms with Crippen LogP contribution in [0.4, 0.5) is 5.13 Å². The zero-order valence-corrected chi connectivity index (χ0v) is 15.2. The van der Waals surface area contributed by atoms with Gasteiger partial charge in [-0.15, -0.1) is 0 Å². The summed E-state index contributed by atoms with van der Waals surface area (Å²) in [6.07, 6.45) is 1.32. The number of likely N-dealkylation sites (tertiary alicyclic amines) is 1. The summed E-state index contributed by atoms with van der Waals surface area (Å²) >= 11 is 1.03. The van der Waals surface area contributed by atoms with Crippen LogP contribution in [-0.4, -0.2) is 57.1 Å². The molecule has 0 bridgehead atoms. The van der Waals surface area contributed by atoms with Crippen molar-refractivity contribution in [3.05, 3.63) is 11.1 Å². The van der Waals surface area contributed by atoms with Crippen molar-refractivity contribution in [2.45, 2.75) is 38.8 Å². The first-order chi connectivity index (χ1) is 11.5. The minimum absolute atomic E-state index is 0.0438. The molecule has 2 rings (SSSR count). The molecule has 0 spiro atoms. The van der Waals surface area contributed by atoms with E-state index in [1.54, 1.807) is 11.9 Å². The highest BCUT2D eigenvalue weighted by molar-refractivity contribution is 7.18. The molecule has 0 aliphatic carbocycles. The molecule has 1 fully saturated rings. The predicted molar refractivity (Wildman–Crippen MR) is 91.2 cm³/mol. The molecule has 0 unspecified atom stereocenters. The second-order valence-corrected chi connectivity index (χ2v) is 7.40. The molecule has 1 saturated heterocycles. The Kier molecular flexibility index (Phi) is 5.12. The minimum atomic E-state index is -1.61. The van der Waals surface area contributed by atoms with Crippen LogP contribution in [0.15, 0.2) is 11.4 Å². The summed E-state index contributed by atoms with van der Waals surface area (Å²) in [7, 11) is 1.67. The lowest BCUT2D eigenvalue weighted by Crippen LogP contribution is -2.58. The van der Waals surface area contributed by atoms with Gasteiger partial charge in [0.15, 0.2) is 16.6 Å². The Bertz CT molecular complexity index is 742. The molecule has 1 aromatic heterocycles. The summed E-state index contributed by atoms with van der Waals surface area (Å²) in [5.74, 6) is -2.20. The van der Waals surface area contributed by atoms with Crippen molar-refractivity contribution in [3.8, 4) is 0 Å². The van der Waals surface area contributed by atoms with Gasteiger partial charge in [0.2, 0.25) is 11.5 Å². The van der Waals surface area contributed by atoms with E-state index < -0.39 is 23.3 Å². The van der Waals surface area contributed by atoms with Crippen LogP contribution < -0.4 is 5.73 Å². The number of ketones is 1. The largest absolute Gasteiger partial charge is 0.478 e. The Morgan fingerprint density at radius 3 is 2.64 bits per heavy atom. The van der Waals surface area contributed by atoms with Crippen LogP contribution in [0, 0.1) is 5.92 Å². The van der Waals surface area contributed by atoms with Gasteiger partial charge in [0.25, 0.3) is 0 Å². The quantitative estimate of drug-likeness (QED) is 0.412. The molecule has 0 aromatic carbocycles. The van der Waals surface area contributed by atoms with Gasteiger partial charge in [0.1, 0.15) is 0 Å². The van der Waals surface area contributed by atoms with Crippen LogP contribution in [-0.2, 0) is 19.2 Å². The number of hydrogen-bond donors (Lipinski definition) is 2. The molecular weight excluding hydrogens is 348 g/mol. The van der Waals surface area contributed by atoms with Crippen LogP contribution in [0.25, 0.3) is 0 Å². The maximum atomic E-state index is 12.6. The maximum Gasteiger partial charge on any atom is 0.350 e. The van der Waals surface area contributed by atoms with Gasteiger partial charge >= 0.3 is 5.97 Å². The van der Waals surface area contributed by atoms with Crippen molar-refractivity contribution >= 4 is 39.8 Å². The Labute approximate surface area is 148 Å². The number of aliphatic carboxylic acids is 1. The maximum absolute atomic E-state index is 12.6. The zero-order valence-electron chi connectivity index (χ0n) is 14.3. The van der Waals surface area contributed by atoms with E-state index in [1.807, 2.05) is 6.92 Å². The summed E-state index contributed by atoms with van der Waals surface area (Å²) in [5, 5.41) is 13.1. The normalized spacial score (nSPS) is 21.0. The van der Waals surface area contributed by atoms with Gasteiger partial charge < -0.3 is 20.6 Å². The third kappa shape index (κ3) is 3.78. The number of nitrogens with zero attached hydrogens (tertiary/aromatic N) is 3. The molecule has 2 heterocycles. The summed E-state index contributed by atoms with van der Waals surface area (Å²) < 4.78 is 0. The summed E-state index contributed by atoms with van der Waals surface area (Å²) in [6, 6.07) is -0.0550. The second-order valence-electron chi connectivity index (χ2n) is 6.33. The molecule has 1 aliphatic rings. The Morgan fingerprint density at radius 2 is 2.16 bits per heavy atom. The molecule has 9 nitrogen and oxygen atoms in total.